The Kier molecular flexibility index (Phi) is 6.32. The molecule has 0 saturated carbocycles. The average molecular weight is 455 g/mol. The van der Waals surface area contributed by atoms with Crippen LogP contribution < -0.4 is 10.0 Å². The molecule has 1 amide bonds. The molecule has 0 aliphatic heterocycles. The largest absolute Gasteiger partial charge is 0.417 e. The van der Waals surface area contributed by atoms with E-state index in [4.69, 9.17) is 0 Å². The second-order valence-electron chi connectivity index (χ2n) is 6.95. The van der Waals surface area contributed by atoms with Crippen molar-refractivity contribution >= 4 is 21.6 Å². The van der Waals surface area contributed by atoms with Gasteiger partial charge in [-0.3, -0.25) is 9.20 Å². The van der Waals surface area contributed by atoms with Gasteiger partial charge in [0.15, 0.2) is 11.5 Å². The van der Waals surface area contributed by atoms with Crippen LogP contribution in [0.5, 0.6) is 0 Å². The number of fused-ring (bicyclic) bond motifs is 1. The third kappa shape index (κ3) is 5.39. The molecule has 0 spiro atoms. The molecule has 0 aliphatic carbocycles. The molecule has 0 atom stereocenters. The monoisotopic (exact) mass is 455 g/mol. The molecule has 3 aromatic rings. The van der Waals surface area contributed by atoms with Crippen LogP contribution in [0.2, 0.25) is 0 Å². The van der Waals surface area contributed by atoms with Gasteiger partial charge in [-0.05, 0) is 43.2 Å². The molecule has 2 aromatic heterocycles. The summed E-state index contributed by atoms with van der Waals surface area (Å²) in [5, 5.41) is 10.1. The van der Waals surface area contributed by atoms with Gasteiger partial charge in [0.05, 0.1) is 17.0 Å². The van der Waals surface area contributed by atoms with Crippen LogP contribution in [0.25, 0.3) is 5.65 Å². The Morgan fingerprint density at radius 2 is 1.87 bits per heavy atom. The quantitative estimate of drug-likeness (QED) is 0.569. The Labute approximate surface area is 176 Å². The van der Waals surface area contributed by atoms with Crippen molar-refractivity contribution in [2.45, 2.75) is 37.9 Å². The van der Waals surface area contributed by atoms with Crippen LogP contribution in [0.4, 0.5) is 13.2 Å². The standard InChI is InChI=1S/C19H20F3N5O3S/c1-12-3-4-13(2)15(9-12)31(29,30)24-8-7-18(28)23-10-17-26-25-16-6-5-14(11-27(16)17)19(20,21)22/h3-6,9,11,24H,7-8,10H2,1-2H3,(H,23,28). The van der Waals surface area contributed by atoms with Gasteiger partial charge in [-0.15, -0.1) is 10.2 Å². The summed E-state index contributed by atoms with van der Waals surface area (Å²) >= 11 is 0. The summed E-state index contributed by atoms with van der Waals surface area (Å²) in [5.74, 6) is -0.377. The smallest absolute Gasteiger partial charge is 0.349 e. The number of carbonyl (C=O) groups excluding carboxylic acids is 1. The van der Waals surface area contributed by atoms with Crippen LogP contribution in [0, 0.1) is 13.8 Å². The van der Waals surface area contributed by atoms with Crippen LogP contribution in [-0.4, -0.2) is 35.5 Å². The lowest BCUT2D eigenvalue weighted by Gasteiger charge is -2.10. The minimum absolute atomic E-state index is 0.116. The Bertz CT molecular complexity index is 1220. The normalized spacial score (nSPS) is 12.3. The summed E-state index contributed by atoms with van der Waals surface area (Å²) in [6.45, 7) is 3.15. The van der Waals surface area contributed by atoms with Gasteiger partial charge in [0.25, 0.3) is 0 Å². The number of hydrogen-bond acceptors (Lipinski definition) is 5. The number of benzene rings is 1. The van der Waals surface area contributed by atoms with E-state index < -0.39 is 27.7 Å². The first-order valence-corrected chi connectivity index (χ1v) is 10.7. The van der Waals surface area contributed by atoms with Gasteiger partial charge < -0.3 is 5.32 Å². The first kappa shape index (κ1) is 22.7. The topological polar surface area (TPSA) is 105 Å². The Morgan fingerprint density at radius 1 is 1.13 bits per heavy atom. The summed E-state index contributed by atoms with van der Waals surface area (Å²) < 4.78 is 67.1. The number of aryl methyl sites for hydroxylation is 2. The highest BCUT2D eigenvalue weighted by atomic mass is 32.2. The highest BCUT2D eigenvalue weighted by molar-refractivity contribution is 7.89. The van der Waals surface area contributed by atoms with E-state index >= 15 is 0 Å². The fourth-order valence-electron chi connectivity index (χ4n) is 2.87. The van der Waals surface area contributed by atoms with Crippen LogP contribution in [0.3, 0.4) is 0 Å². The number of nitrogens with one attached hydrogen (secondary N) is 2. The molecule has 2 heterocycles. The van der Waals surface area contributed by atoms with Crippen LogP contribution in [0.1, 0.15) is 28.9 Å². The lowest BCUT2D eigenvalue weighted by atomic mass is 10.2. The zero-order valence-electron chi connectivity index (χ0n) is 16.7. The molecule has 0 saturated heterocycles. The summed E-state index contributed by atoms with van der Waals surface area (Å²) in [4.78, 5) is 12.2. The summed E-state index contributed by atoms with van der Waals surface area (Å²) in [6, 6.07) is 7.12. The van der Waals surface area contributed by atoms with Gasteiger partial charge >= 0.3 is 6.18 Å². The van der Waals surface area contributed by atoms with E-state index in [1.54, 1.807) is 32.0 Å². The fourth-order valence-corrected chi connectivity index (χ4v) is 4.23. The maximum Gasteiger partial charge on any atom is 0.417 e. The van der Waals surface area contributed by atoms with Crippen LogP contribution >= 0.6 is 0 Å². The Morgan fingerprint density at radius 3 is 2.58 bits per heavy atom. The fraction of sp³-hybridized carbons (Fsp3) is 0.316. The van der Waals surface area contributed by atoms with Crippen molar-refractivity contribution in [3.8, 4) is 0 Å². The van der Waals surface area contributed by atoms with Crippen LogP contribution in [-0.2, 0) is 27.5 Å². The van der Waals surface area contributed by atoms with Gasteiger partial charge in [-0.25, -0.2) is 13.1 Å². The van der Waals surface area contributed by atoms with E-state index in [0.29, 0.717) is 5.56 Å². The first-order valence-electron chi connectivity index (χ1n) is 9.22. The molecule has 0 unspecified atom stereocenters. The average Bonchev–Trinajstić information content (AvgIpc) is 3.09. The maximum atomic E-state index is 12.9. The summed E-state index contributed by atoms with van der Waals surface area (Å²) in [7, 11) is -3.78. The van der Waals surface area contributed by atoms with E-state index in [-0.39, 0.29) is 35.9 Å². The molecule has 8 nitrogen and oxygen atoms in total. The van der Waals surface area contributed by atoms with Crippen molar-refractivity contribution < 1.29 is 26.4 Å². The number of hydrogen-bond donors (Lipinski definition) is 2. The Balaban J connectivity index is 1.58. The molecule has 12 heteroatoms. The van der Waals surface area contributed by atoms with Gasteiger partial charge in [-0.1, -0.05) is 12.1 Å². The van der Waals surface area contributed by atoms with Crippen molar-refractivity contribution in [1.29, 1.82) is 0 Å². The minimum Gasteiger partial charge on any atom is -0.349 e. The molecule has 2 N–H and O–H groups in total. The number of aromatic nitrogens is 3. The van der Waals surface area contributed by atoms with Crippen molar-refractivity contribution in [1.82, 2.24) is 24.6 Å². The van der Waals surface area contributed by atoms with Gasteiger partial charge in [0.2, 0.25) is 15.9 Å². The lowest BCUT2D eigenvalue weighted by molar-refractivity contribution is -0.137. The SMILES string of the molecule is Cc1ccc(C)c(S(=O)(=O)NCCC(=O)NCc2nnc3ccc(C(F)(F)F)cn23)c1. The molecular formula is C19H20F3N5O3S. The van der Waals surface area contributed by atoms with Gasteiger partial charge in [-0.2, -0.15) is 13.2 Å². The molecule has 31 heavy (non-hydrogen) atoms. The van der Waals surface area contributed by atoms with Gasteiger partial charge in [0.1, 0.15) is 0 Å². The number of sulfonamides is 1. The maximum absolute atomic E-state index is 12.9. The predicted octanol–water partition coefficient (Wildman–Crippen LogP) is 2.35. The molecule has 1 aromatic carbocycles. The number of nitrogens with zero attached hydrogens (tertiary/aromatic N) is 3. The van der Waals surface area contributed by atoms with E-state index in [9.17, 15) is 26.4 Å². The summed E-state index contributed by atoms with van der Waals surface area (Å²) in [5.41, 5.74) is 0.712. The van der Waals surface area contributed by atoms with Crippen molar-refractivity contribution in [2.24, 2.45) is 0 Å². The second kappa shape index (κ2) is 8.63. The van der Waals surface area contributed by atoms with Crippen molar-refractivity contribution in [2.75, 3.05) is 6.54 Å². The van der Waals surface area contributed by atoms with Crippen LogP contribution in [0.15, 0.2) is 41.4 Å². The first-order chi connectivity index (χ1) is 14.5. The molecule has 0 aliphatic rings. The second-order valence-corrected chi connectivity index (χ2v) is 8.69. The van der Waals surface area contributed by atoms with Crippen molar-refractivity contribution in [3.05, 3.63) is 59.0 Å². The van der Waals surface area contributed by atoms with E-state index in [1.807, 2.05) is 0 Å². The molecule has 166 valence electrons. The zero-order valence-corrected chi connectivity index (χ0v) is 17.5. The number of amides is 1. The number of pyridine rings is 1. The zero-order chi connectivity index (χ0) is 22.8. The molecular weight excluding hydrogens is 435 g/mol. The minimum atomic E-state index is -4.52. The highest BCUT2D eigenvalue weighted by Crippen LogP contribution is 2.29. The molecule has 0 radical (unpaired) electrons. The van der Waals surface area contributed by atoms with Gasteiger partial charge in [0, 0.05) is 19.2 Å². The van der Waals surface area contributed by atoms with E-state index in [2.05, 4.69) is 20.2 Å². The van der Waals surface area contributed by atoms with Crippen molar-refractivity contribution in [3.63, 3.8) is 0 Å². The van der Waals surface area contributed by atoms with E-state index in [0.717, 1.165) is 22.2 Å². The third-order valence-corrected chi connectivity index (χ3v) is 6.12. The predicted molar refractivity (Wildman–Crippen MR) is 106 cm³/mol. The molecule has 0 fully saturated rings. The lowest BCUT2D eigenvalue weighted by Crippen LogP contribution is -2.31. The van der Waals surface area contributed by atoms with E-state index in [1.165, 1.54) is 6.07 Å². The number of alkyl halides is 3. The third-order valence-electron chi connectivity index (χ3n) is 4.52. The Hall–Kier alpha value is -2.99. The highest BCUT2D eigenvalue weighted by Gasteiger charge is 2.31. The molecule has 0 bridgehead atoms. The number of halogens is 3. The summed E-state index contributed by atoms with van der Waals surface area (Å²) in [6.07, 6.45) is -3.82. The number of rotatable bonds is 7. The molecule has 3 rings (SSSR count). The number of carbonyl (C=O) groups is 1.